The van der Waals surface area contributed by atoms with Gasteiger partial charge in [-0.05, 0) is 59.9 Å². The number of hydrogen-bond acceptors (Lipinski definition) is 2. The first-order valence-electron chi connectivity index (χ1n) is 13.2. The van der Waals surface area contributed by atoms with Crippen LogP contribution in [0, 0.1) is 11.8 Å². The number of phenols is 1. The molecule has 1 aliphatic heterocycles. The Hall–Kier alpha value is -2.85. The van der Waals surface area contributed by atoms with Crippen LogP contribution in [0.4, 0.5) is 0 Å². The Kier molecular flexibility index (Phi) is 6.35. The first kappa shape index (κ1) is 23.9. The zero-order chi connectivity index (χ0) is 24.6. The van der Waals surface area contributed by atoms with E-state index in [1.54, 1.807) is 6.07 Å². The number of carbonyl (C=O) groups excluding carboxylic acids is 1. The van der Waals surface area contributed by atoms with E-state index in [2.05, 4.69) is 44.4 Å². The summed E-state index contributed by atoms with van der Waals surface area (Å²) in [6, 6.07) is 22.2. The largest absolute Gasteiger partial charge is 0.508 e. The molecule has 5 rings (SSSR count). The molecule has 0 radical (unpaired) electrons. The van der Waals surface area contributed by atoms with Crippen LogP contribution < -0.4 is 5.32 Å². The first-order valence-corrected chi connectivity index (χ1v) is 13.2. The van der Waals surface area contributed by atoms with Crippen LogP contribution in [0.15, 0.2) is 66.7 Å². The third-order valence-electron chi connectivity index (χ3n) is 8.59. The summed E-state index contributed by atoms with van der Waals surface area (Å²) < 4.78 is 1.12. The van der Waals surface area contributed by atoms with Gasteiger partial charge in [0.1, 0.15) is 5.75 Å². The van der Waals surface area contributed by atoms with E-state index in [-0.39, 0.29) is 17.4 Å². The number of aromatic hydroxyl groups is 1. The lowest BCUT2D eigenvalue weighted by Gasteiger charge is -2.55. The van der Waals surface area contributed by atoms with Gasteiger partial charge in [-0.1, -0.05) is 56.3 Å². The lowest BCUT2D eigenvalue weighted by Crippen LogP contribution is -2.62. The number of phenolic OH excluding ortho intramolecular Hbond substituents is 1. The van der Waals surface area contributed by atoms with Gasteiger partial charge in [0.25, 0.3) is 5.91 Å². The fourth-order valence-electron chi connectivity index (χ4n) is 7.14. The van der Waals surface area contributed by atoms with Crippen molar-refractivity contribution in [2.75, 3.05) is 26.7 Å². The summed E-state index contributed by atoms with van der Waals surface area (Å²) >= 11 is 0. The van der Waals surface area contributed by atoms with Crippen LogP contribution in [0.1, 0.15) is 55.5 Å². The molecule has 0 bridgehead atoms. The molecule has 3 aromatic carbocycles. The maximum absolute atomic E-state index is 13.3. The molecule has 2 N–H and O–H groups in total. The molecule has 184 valence electrons. The van der Waals surface area contributed by atoms with Crippen molar-refractivity contribution in [2.45, 2.75) is 51.0 Å². The Bertz CT molecular complexity index is 1220. The quantitative estimate of drug-likeness (QED) is 0.456. The molecule has 0 spiro atoms. The maximum Gasteiger partial charge on any atom is 0.251 e. The van der Waals surface area contributed by atoms with Crippen molar-refractivity contribution in [1.29, 1.82) is 0 Å². The highest BCUT2D eigenvalue weighted by Crippen LogP contribution is 2.51. The average Bonchev–Trinajstić information content (AvgIpc) is 2.83. The van der Waals surface area contributed by atoms with Gasteiger partial charge in [-0.25, -0.2) is 0 Å². The van der Waals surface area contributed by atoms with E-state index in [1.165, 1.54) is 18.7 Å². The maximum atomic E-state index is 13.3. The van der Waals surface area contributed by atoms with Gasteiger partial charge < -0.3 is 14.9 Å². The second-order valence-corrected chi connectivity index (χ2v) is 11.8. The summed E-state index contributed by atoms with van der Waals surface area (Å²) in [5.74, 6) is 1.57. The van der Waals surface area contributed by atoms with Crippen LogP contribution in [-0.4, -0.2) is 48.2 Å². The average molecular weight is 472 g/mol. The fraction of sp³-hybridized carbons (Fsp3) is 0.452. The predicted molar refractivity (Wildman–Crippen MR) is 143 cm³/mol. The Balaban J connectivity index is 1.40. The highest BCUT2D eigenvalue weighted by molar-refractivity contribution is 5.98. The van der Waals surface area contributed by atoms with Crippen LogP contribution in [0.5, 0.6) is 5.75 Å². The number of likely N-dealkylation sites (tertiary alicyclic amines) is 1. The minimum atomic E-state index is -0.00688. The van der Waals surface area contributed by atoms with Crippen LogP contribution in [0.3, 0.4) is 0 Å². The third-order valence-corrected chi connectivity index (χ3v) is 8.59. The standard InChI is InChI=1S/C31H38N2O2/c1-22(2)20-33(3)16-15-31(26-9-6-10-29(34)18-26)19-28(14-13-27(31)21-33)32-30(35)25-12-11-23-7-4-5-8-24(23)17-25/h4-12,17-18,22,27-28H,13-16,19-21H2,1-3H3,(H-,32,34,35)/p+1/t27?,28-,31-,33+/m1/s1. The van der Waals surface area contributed by atoms with E-state index >= 15 is 0 Å². The van der Waals surface area contributed by atoms with Crippen molar-refractivity contribution >= 4 is 16.7 Å². The smallest absolute Gasteiger partial charge is 0.251 e. The molecule has 1 saturated carbocycles. The minimum absolute atomic E-state index is 0.00688. The summed E-state index contributed by atoms with van der Waals surface area (Å²) in [5, 5.41) is 16.0. The Morgan fingerprint density at radius 2 is 1.86 bits per heavy atom. The van der Waals surface area contributed by atoms with Gasteiger partial charge in [0.2, 0.25) is 0 Å². The molecule has 4 atom stereocenters. The lowest BCUT2D eigenvalue weighted by atomic mass is 9.57. The monoisotopic (exact) mass is 471 g/mol. The number of fused-ring (bicyclic) bond motifs is 2. The van der Waals surface area contributed by atoms with Gasteiger partial charge in [0.15, 0.2) is 0 Å². The Labute approximate surface area is 209 Å². The number of benzene rings is 3. The summed E-state index contributed by atoms with van der Waals surface area (Å²) in [6.45, 7) is 8.14. The van der Waals surface area contributed by atoms with Gasteiger partial charge in [-0.2, -0.15) is 0 Å². The van der Waals surface area contributed by atoms with Crippen molar-refractivity contribution in [3.8, 4) is 5.75 Å². The molecule has 3 aromatic rings. The number of quaternary nitrogens is 1. The molecule has 0 aromatic heterocycles. The summed E-state index contributed by atoms with van der Waals surface area (Å²) in [6.07, 6.45) is 4.13. The number of rotatable bonds is 5. The summed E-state index contributed by atoms with van der Waals surface area (Å²) in [5.41, 5.74) is 1.96. The SMILES string of the molecule is CC(C)C[N@+]1(C)CC[C@]2(c3cccc(O)c3)C[C@H](NC(=O)c3ccc4ccccc4c3)CCC2C1. The molecular weight excluding hydrogens is 432 g/mol. The van der Waals surface area contributed by atoms with Crippen LogP contribution in [0.25, 0.3) is 10.8 Å². The molecule has 35 heavy (non-hydrogen) atoms. The number of carbonyl (C=O) groups is 1. The zero-order valence-corrected chi connectivity index (χ0v) is 21.3. The minimum Gasteiger partial charge on any atom is -0.508 e. The van der Waals surface area contributed by atoms with E-state index in [1.807, 2.05) is 42.5 Å². The summed E-state index contributed by atoms with van der Waals surface area (Å²) in [4.78, 5) is 13.3. The molecule has 1 unspecified atom stereocenters. The number of hydrogen-bond donors (Lipinski definition) is 2. The molecule has 1 aliphatic carbocycles. The lowest BCUT2D eigenvalue weighted by molar-refractivity contribution is -0.922. The van der Waals surface area contributed by atoms with Crippen molar-refractivity contribution in [3.63, 3.8) is 0 Å². The van der Waals surface area contributed by atoms with Gasteiger partial charge in [-0.3, -0.25) is 4.79 Å². The molecule has 2 aliphatic rings. The van der Waals surface area contributed by atoms with Crippen LogP contribution >= 0.6 is 0 Å². The highest BCUT2D eigenvalue weighted by atomic mass is 16.3. The van der Waals surface area contributed by atoms with Gasteiger partial charge >= 0.3 is 0 Å². The summed E-state index contributed by atoms with van der Waals surface area (Å²) in [7, 11) is 2.42. The highest BCUT2D eigenvalue weighted by Gasteiger charge is 2.52. The Morgan fingerprint density at radius 3 is 2.63 bits per heavy atom. The third kappa shape index (κ3) is 4.81. The number of amides is 1. The van der Waals surface area contributed by atoms with Gasteiger partial charge in [0, 0.05) is 35.3 Å². The number of piperidine rings is 1. The van der Waals surface area contributed by atoms with Crippen molar-refractivity contribution in [2.24, 2.45) is 11.8 Å². The Morgan fingerprint density at radius 1 is 1.06 bits per heavy atom. The van der Waals surface area contributed by atoms with E-state index in [9.17, 15) is 9.90 Å². The van der Waals surface area contributed by atoms with Crippen LogP contribution in [-0.2, 0) is 5.41 Å². The fourth-order valence-corrected chi connectivity index (χ4v) is 7.14. The van der Waals surface area contributed by atoms with Crippen molar-refractivity contribution in [1.82, 2.24) is 5.32 Å². The first-order chi connectivity index (χ1) is 16.8. The predicted octanol–water partition coefficient (Wildman–Crippen LogP) is 5.89. The normalized spacial score (nSPS) is 28.6. The number of nitrogens with zero attached hydrogens (tertiary/aromatic N) is 1. The van der Waals surface area contributed by atoms with E-state index in [4.69, 9.17) is 0 Å². The second-order valence-electron chi connectivity index (χ2n) is 11.8. The zero-order valence-electron chi connectivity index (χ0n) is 21.3. The topological polar surface area (TPSA) is 49.3 Å². The molecule has 2 fully saturated rings. The van der Waals surface area contributed by atoms with E-state index in [0.717, 1.165) is 53.0 Å². The molecule has 1 heterocycles. The van der Waals surface area contributed by atoms with Gasteiger partial charge in [0.05, 0.1) is 26.7 Å². The molecule has 1 amide bonds. The van der Waals surface area contributed by atoms with Gasteiger partial charge in [-0.15, -0.1) is 0 Å². The number of nitrogens with one attached hydrogen (secondary N) is 1. The second kappa shape index (κ2) is 9.31. The van der Waals surface area contributed by atoms with Crippen molar-refractivity contribution in [3.05, 3.63) is 77.9 Å². The van der Waals surface area contributed by atoms with E-state index < -0.39 is 0 Å². The van der Waals surface area contributed by atoms with E-state index in [0.29, 0.717) is 17.6 Å². The molecule has 4 nitrogen and oxygen atoms in total. The molecular formula is C31H39N2O2+. The van der Waals surface area contributed by atoms with Crippen molar-refractivity contribution < 1.29 is 14.4 Å². The van der Waals surface area contributed by atoms with Crippen LogP contribution in [0.2, 0.25) is 0 Å². The molecule has 4 heteroatoms. The molecule has 1 saturated heterocycles.